The summed E-state index contributed by atoms with van der Waals surface area (Å²) >= 11 is 0. The summed E-state index contributed by atoms with van der Waals surface area (Å²) in [5, 5.41) is 23.9. The first-order valence-corrected chi connectivity index (χ1v) is 8.90. The Hall–Kier alpha value is -3.18. The predicted molar refractivity (Wildman–Crippen MR) is 100 cm³/mol. The third-order valence-electron chi connectivity index (χ3n) is 4.71. The van der Waals surface area contributed by atoms with Gasteiger partial charge in [-0.1, -0.05) is 0 Å². The summed E-state index contributed by atoms with van der Waals surface area (Å²) in [5.41, 5.74) is 0.431. The van der Waals surface area contributed by atoms with Gasteiger partial charge in [-0.2, -0.15) is 0 Å². The fraction of sp³-hybridized carbons (Fsp3) is 0.412. The van der Waals surface area contributed by atoms with Gasteiger partial charge in [0.1, 0.15) is 6.33 Å². The molecular formula is C17H20N6O5. The Bertz CT molecular complexity index is 871. The average molecular weight is 388 g/mol. The third-order valence-corrected chi connectivity index (χ3v) is 4.71. The molecule has 1 aromatic heterocycles. The van der Waals surface area contributed by atoms with Crippen LogP contribution in [0.5, 0.6) is 11.5 Å². The molecule has 2 aliphatic rings. The van der Waals surface area contributed by atoms with E-state index in [9.17, 15) is 10.1 Å². The first-order valence-electron chi connectivity index (χ1n) is 8.90. The largest absolute Gasteiger partial charge is 0.454 e. The fourth-order valence-corrected chi connectivity index (χ4v) is 3.30. The van der Waals surface area contributed by atoms with Crippen LogP contribution in [0.25, 0.3) is 0 Å². The number of rotatable bonds is 6. The van der Waals surface area contributed by atoms with E-state index < -0.39 is 4.92 Å². The lowest BCUT2D eigenvalue weighted by atomic mass is 10.2. The van der Waals surface area contributed by atoms with Gasteiger partial charge in [-0.15, -0.1) is 0 Å². The quantitative estimate of drug-likeness (QED) is 0.546. The molecule has 28 heavy (non-hydrogen) atoms. The van der Waals surface area contributed by atoms with Gasteiger partial charge in [0.15, 0.2) is 11.5 Å². The van der Waals surface area contributed by atoms with Crippen LogP contribution in [-0.4, -0.2) is 71.0 Å². The summed E-state index contributed by atoms with van der Waals surface area (Å²) in [6, 6.07) is 5.19. The first kappa shape index (κ1) is 18.2. The Labute approximate surface area is 160 Å². The molecule has 0 amide bonds. The van der Waals surface area contributed by atoms with Crippen molar-refractivity contribution in [1.82, 2.24) is 14.9 Å². The monoisotopic (exact) mass is 388 g/mol. The molecule has 4 rings (SSSR count). The van der Waals surface area contributed by atoms with Crippen LogP contribution >= 0.6 is 0 Å². The fourth-order valence-electron chi connectivity index (χ4n) is 3.30. The van der Waals surface area contributed by atoms with Crippen LogP contribution in [0.4, 0.5) is 23.0 Å². The van der Waals surface area contributed by atoms with Crippen molar-refractivity contribution in [2.45, 2.75) is 0 Å². The highest BCUT2D eigenvalue weighted by Gasteiger charge is 2.29. The van der Waals surface area contributed by atoms with Gasteiger partial charge in [0, 0.05) is 44.5 Å². The van der Waals surface area contributed by atoms with Gasteiger partial charge in [0.05, 0.1) is 11.5 Å². The maximum atomic E-state index is 11.8. The second-order valence-electron chi connectivity index (χ2n) is 6.40. The minimum Gasteiger partial charge on any atom is -0.454 e. The van der Waals surface area contributed by atoms with E-state index in [2.05, 4.69) is 20.2 Å². The van der Waals surface area contributed by atoms with E-state index in [0.717, 1.165) is 0 Å². The molecule has 11 heteroatoms. The Morgan fingerprint density at radius 3 is 2.71 bits per heavy atom. The lowest BCUT2D eigenvalue weighted by Gasteiger charge is -2.34. The Morgan fingerprint density at radius 2 is 1.96 bits per heavy atom. The molecule has 0 bridgehead atoms. The van der Waals surface area contributed by atoms with Crippen LogP contribution in [0.3, 0.4) is 0 Å². The number of hydrogen-bond donors (Lipinski definition) is 2. The highest BCUT2D eigenvalue weighted by molar-refractivity contribution is 5.75. The summed E-state index contributed by atoms with van der Waals surface area (Å²) in [7, 11) is 0. The molecule has 0 saturated carbocycles. The molecule has 11 nitrogen and oxygen atoms in total. The first-order chi connectivity index (χ1) is 13.7. The summed E-state index contributed by atoms with van der Waals surface area (Å²) in [4.78, 5) is 23.6. The summed E-state index contributed by atoms with van der Waals surface area (Å²) in [5.74, 6) is 1.60. The predicted octanol–water partition coefficient (Wildman–Crippen LogP) is 0.971. The zero-order valence-corrected chi connectivity index (χ0v) is 15.1. The summed E-state index contributed by atoms with van der Waals surface area (Å²) in [6.07, 6.45) is 1.32. The number of ether oxygens (including phenoxy) is 2. The molecule has 1 aromatic carbocycles. The molecule has 3 heterocycles. The molecule has 2 aliphatic heterocycles. The smallest absolute Gasteiger partial charge is 0.353 e. The minimum absolute atomic E-state index is 0.0945. The number of aromatic nitrogens is 2. The van der Waals surface area contributed by atoms with Crippen molar-refractivity contribution >= 4 is 23.0 Å². The molecule has 148 valence electrons. The van der Waals surface area contributed by atoms with Crippen LogP contribution in [0, 0.1) is 10.1 Å². The lowest BCUT2D eigenvalue weighted by Crippen LogP contribution is -2.47. The van der Waals surface area contributed by atoms with E-state index in [1.54, 1.807) is 18.2 Å². The van der Waals surface area contributed by atoms with E-state index in [-0.39, 0.29) is 30.7 Å². The Morgan fingerprint density at radius 1 is 1.18 bits per heavy atom. The molecule has 2 N–H and O–H groups in total. The van der Waals surface area contributed by atoms with E-state index in [4.69, 9.17) is 14.6 Å². The molecule has 2 aromatic rings. The molecular weight excluding hydrogens is 368 g/mol. The van der Waals surface area contributed by atoms with Crippen molar-refractivity contribution in [1.29, 1.82) is 0 Å². The second kappa shape index (κ2) is 7.82. The molecule has 0 unspecified atom stereocenters. The Balaban J connectivity index is 1.58. The zero-order valence-electron chi connectivity index (χ0n) is 15.1. The number of nitrogens with one attached hydrogen (secondary N) is 1. The lowest BCUT2D eigenvalue weighted by molar-refractivity contribution is -0.383. The average Bonchev–Trinajstić information content (AvgIpc) is 3.16. The van der Waals surface area contributed by atoms with E-state index in [0.29, 0.717) is 49.9 Å². The topological polar surface area (TPSA) is 126 Å². The van der Waals surface area contributed by atoms with Crippen LogP contribution in [0.2, 0.25) is 0 Å². The van der Waals surface area contributed by atoms with E-state index >= 15 is 0 Å². The minimum atomic E-state index is -0.468. The number of aliphatic hydroxyl groups excluding tert-OH is 1. The van der Waals surface area contributed by atoms with Crippen LogP contribution < -0.4 is 19.7 Å². The van der Waals surface area contributed by atoms with Gasteiger partial charge in [-0.05, 0) is 12.1 Å². The molecule has 1 fully saturated rings. The maximum Gasteiger partial charge on any atom is 0.353 e. The van der Waals surface area contributed by atoms with Crippen LogP contribution in [0.15, 0.2) is 24.5 Å². The van der Waals surface area contributed by atoms with E-state index in [1.807, 2.05) is 4.90 Å². The number of benzene rings is 1. The number of piperazine rings is 1. The van der Waals surface area contributed by atoms with Gasteiger partial charge in [0.2, 0.25) is 18.4 Å². The van der Waals surface area contributed by atoms with Crippen molar-refractivity contribution in [2.24, 2.45) is 0 Å². The highest BCUT2D eigenvalue weighted by Crippen LogP contribution is 2.38. The standard InChI is InChI=1S/C17H20N6O5/c24-8-7-21-3-5-22(6-4-21)17-15(23(25)26)16(18-10-19-17)20-12-1-2-13-14(9-12)28-11-27-13/h1-2,9-10,24H,3-8,11H2,(H,18,19,20). The molecule has 1 saturated heterocycles. The highest BCUT2D eigenvalue weighted by atomic mass is 16.7. The van der Waals surface area contributed by atoms with E-state index in [1.165, 1.54) is 6.33 Å². The summed E-state index contributed by atoms with van der Waals surface area (Å²) in [6.45, 7) is 3.41. The van der Waals surface area contributed by atoms with Gasteiger partial charge < -0.3 is 24.8 Å². The normalized spacial score (nSPS) is 16.2. The van der Waals surface area contributed by atoms with Crippen molar-refractivity contribution in [3.63, 3.8) is 0 Å². The number of anilines is 3. The van der Waals surface area contributed by atoms with Crippen LogP contribution in [-0.2, 0) is 0 Å². The van der Waals surface area contributed by atoms with Crippen LogP contribution in [0.1, 0.15) is 0 Å². The number of aliphatic hydroxyl groups is 1. The second-order valence-corrected chi connectivity index (χ2v) is 6.40. The number of β-amino-alcohol motifs (C(OH)–C–C–N with tert-alkyl or cyclic N) is 1. The number of nitrogens with zero attached hydrogens (tertiary/aromatic N) is 5. The van der Waals surface area contributed by atoms with Crippen molar-refractivity contribution in [3.8, 4) is 11.5 Å². The molecule has 0 aliphatic carbocycles. The summed E-state index contributed by atoms with van der Waals surface area (Å²) < 4.78 is 10.6. The van der Waals surface area contributed by atoms with Crippen molar-refractivity contribution < 1.29 is 19.5 Å². The van der Waals surface area contributed by atoms with Crippen molar-refractivity contribution in [2.75, 3.05) is 56.3 Å². The molecule has 0 spiro atoms. The zero-order chi connectivity index (χ0) is 19.5. The number of fused-ring (bicyclic) bond motifs is 1. The number of hydrogen-bond acceptors (Lipinski definition) is 10. The third kappa shape index (κ3) is 3.62. The van der Waals surface area contributed by atoms with Gasteiger partial charge in [-0.3, -0.25) is 15.0 Å². The number of nitro groups is 1. The SMILES string of the molecule is O=[N+]([O-])c1c(Nc2ccc3c(c2)OCO3)ncnc1N1CCN(CCO)CC1. The molecule has 0 atom stereocenters. The van der Waals surface area contributed by atoms with Gasteiger partial charge >= 0.3 is 5.69 Å². The Kier molecular flexibility index (Phi) is 5.08. The maximum absolute atomic E-state index is 11.8. The molecule has 0 radical (unpaired) electrons. The van der Waals surface area contributed by atoms with Gasteiger partial charge in [-0.25, -0.2) is 9.97 Å². The van der Waals surface area contributed by atoms with Gasteiger partial charge in [0.25, 0.3) is 0 Å². The van der Waals surface area contributed by atoms with Crippen molar-refractivity contribution in [3.05, 3.63) is 34.6 Å².